The summed E-state index contributed by atoms with van der Waals surface area (Å²) in [5.41, 5.74) is 1.55. The molecule has 4 heterocycles. The summed E-state index contributed by atoms with van der Waals surface area (Å²) in [6, 6.07) is 10.2. The summed E-state index contributed by atoms with van der Waals surface area (Å²) in [5.74, 6) is -0.246. The first-order chi connectivity index (χ1) is 18.8. The minimum atomic E-state index is -2.97. The van der Waals surface area contributed by atoms with E-state index in [4.69, 9.17) is 4.74 Å². The Morgan fingerprint density at radius 2 is 1.95 bits per heavy atom. The predicted octanol–water partition coefficient (Wildman–Crippen LogP) is 3.87. The maximum Gasteiger partial charge on any atom is 0.387 e. The molecule has 2 fully saturated rings. The summed E-state index contributed by atoms with van der Waals surface area (Å²) in [6.45, 7) is 2.83. The number of rotatable bonds is 7. The number of carbonyl (C=O) groups is 2. The predicted molar refractivity (Wildman–Crippen MR) is 138 cm³/mol. The molecule has 3 aliphatic rings. The summed E-state index contributed by atoms with van der Waals surface area (Å²) in [4.78, 5) is 36.4. The first kappa shape index (κ1) is 25.6. The third-order valence-corrected chi connectivity index (χ3v) is 8.01. The number of aromatic amines is 1. The van der Waals surface area contributed by atoms with Gasteiger partial charge in [-0.1, -0.05) is 12.1 Å². The lowest BCUT2D eigenvalue weighted by molar-refractivity contribution is -0.133. The average Bonchev–Trinajstić information content (AvgIpc) is 3.35. The summed E-state index contributed by atoms with van der Waals surface area (Å²) < 4.78 is 35.9. The molecule has 39 heavy (non-hydrogen) atoms. The number of hydrogen-bond acceptors (Lipinski definition) is 6. The van der Waals surface area contributed by atoms with Gasteiger partial charge in [-0.05, 0) is 54.8 Å². The van der Waals surface area contributed by atoms with Crippen molar-refractivity contribution in [2.45, 2.75) is 38.0 Å². The van der Waals surface area contributed by atoms with Gasteiger partial charge in [0.05, 0.1) is 13.2 Å². The van der Waals surface area contributed by atoms with Crippen LogP contribution in [0, 0.1) is 0 Å². The zero-order chi connectivity index (χ0) is 27.3. The number of aromatic hydroxyl groups is 1. The first-order valence-electron chi connectivity index (χ1n) is 13.1. The van der Waals surface area contributed by atoms with E-state index in [9.17, 15) is 23.5 Å². The lowest BCUT2D eigenvalue weighted by Crippen LogP contribution is -2.53. The molecule has 3 amide bonds. The standard InChI is InChI=1S/C28H30F2N4O5/c1-28-16-21-20-15-19(39-26(29)30)6-7-22(20)31-23(21)24(17-4-2-5-18(35)14-17)34(28)27(37)33(25(28)36)9-3-8-32-10-12-38-13-11-32/h2,4-7,14-15,24,26,31,35H,3,8-13,16H2,1H3/t24-,28+/m1/s1. The van der Waals surface area contributed by atoms with Crippen LogP contribution in [0.5, 0.6) is 11.5 Å². The number of aromatic nitrogens is 1. The number of halogens is 2. The Bertz CT molecular complexity index is 1420. The lowest BCUT2D eigenvalue weighted by Gasteiger charge is -2.42. The van der Waals surface area contributed by atoms with Crippen molar-refractivity contribution in [1.82, 2.24) is 19.7 Å². The van der Waals surface area contributed by atoms with Crippen LogP contribution in [0.3, 0.4) is 0 Å². The Labute approximate surface area is 223 Å². The molecule has 206 valence electrons. The van der Waals surface area contributed by atoms with Gasteiger partial charge < -0.3 is 19.6 Å². The number of alkyl halides is 2. The number of urea groups is 1. The number of hydrogen-bond donors (Lipinski definition) is 2. The van der Waals surface area contributed by atoms with E-state index in [2.05, 4.69) is 14.6 Å². The number of nitrogens with one attached hydrogen (secondary N) is 1. The molecule has 0 spiro atoms. The van der Waals surface area contributed by atoms with Crippen molar-refractivity contribution in [3.63, 3.8) is 0 Å². The molecule has 0 bridgehead atoms. The number of ether oxygens (including phenoxy) is 2. The highest BCUT2D eigenvalue weighted by Gasteiger charge is 2.60. The monoisotopic (exact) mass is 540 g/mol. The Balaban J connectivity index is 1.39. The molecule has 3 aliphatic heterocycles. The van der Waals surface area contributed by atoms with Crippen LogP contribution in [-0.2, 0) is 16.0 Å². The van der Waals surface area contributed by atoms with Gasteiger partial charge >= 0.3 is 12.6 Å². The zero-order valence-electron chi connectivity index (χ0n) is 21.5. The number of carbonyl (C=O) groups excluding carboxylic acids is 2. The van der Waals surface area contributed by atoms with Crippen LogP contribution >= 0.6 is 0 Å². The van der Waals surface area contributed by atoms with Gasteiger partial charge in [0.2, 0.25) is 0 Å². The summed E-state index contributed by atoms with van der Waals surface area (Å²) in [6.07, 6.45) is 0.848. The number of benzene rings is 2. The number of H-pyrrole nitrogens is 1. The molecule has 0 radical (unpaired) electrons. The minimum absolute atomic E-state index is 0.0133. The molecule has 1 aromatic heterocycles. The Hall–Kier alpha value is -3.70. The van der Waals surface area contributed by atoms with Gasteiger partial charge in [-0.15, -0.1) is 0 Å². The largest absolute Gasteiger partial charge is 0.508 e. The highest BCUT2D eigenvalue weighted by molar-refractivity contribution is 6.08. The molecule has 0 saturated carbocycles. The normalized spacial score (nSPS) is 23.5. The number of fused-ring (bicyclic) bond motifs is 4. The van der Waals surface area contributed by atoms with Gasteiger partial charge in [0, 0.05) is 49.2 Å². The van der Waals surface area contributed by atoms with E-state index in [0.29, 0.717) is 41.8 Å². The third kappa shape index (κ3) is 4.39. The minimum Gasteiger partial charge on any atom is -0.508 e. The number of imide groups is 1. The molecule has 2 atom stereocenters. The van der Waals surface area contributed by atoms with Crippen molar-refractivity contribution >= 4 is 22.8 Å². The maximum atomic E-state index is 13.9. The fourth-order valence-corrected chi connectivity index (χ4v) is 6.18. The average molecular weight is 541 g/mol. The number of morpholine rings is 1. The SMILES string of the molecule is C[C@@]12Cc3c([nH]c4ccc(OC(F)F)cc34)[C@@H](c3cccc(O)c3)N1C(=O)N(CCCN1CCOCC1)C2=O. The van der Waals surface area contributed by atoms with Gasteiger partial charge in [0.25, 0.3) is 5.91 Å². The van der Waals surface area contributed by atoms with Crippen molar-refractivity contribution < 1.29 is 33.0 Å². The Morgan fingerprint density at radius 3 is 2.69 bits per heavy atom. The number of phenols is 1. The van der Waals surface area contributed by atoms with Gasteiger partial charge in [-0.25, -0.2) is 4.79 Å². The van der Waals surface area contributed by atoms with Crippen molar-refractivity contribution in [2.24, 2.45) is 0 Å². The molecule has 2 aromatic carbocycles. The van der Waals surface area contributed by atoms with Crippen LogP contribution in [0.15, 0.2) is 42.5 Å². The first-order valence-corrected chi connectivity index (χ1v) is 13.1. The van der Waals surface area contributed by atoms with Crippen LogP contribution in [-0.4, -0.2) is 88.3 Å². The van der Waals surface area contributed by atoms with Gasteiger partial charge in [-0.2, -0.15) is 8.78 Å². The van der Waals surface area contributed by atoms with Crippen molar-refractivity contribution in [3.8, 4) is 11.5 Å². The van der Waals surface area contributed by atoms with Gasteiger partial charge in [-0.3, -0.25) is 19.5 Å². The van der Waals surface area contributed by atoms with E-state index in [1.54, 1.807) is 42.2 Å². The smallest absolute Gasteiger partial charge is 0.387 e. The second kappa shape index (κ2) is 9.80. The molecule has 11 heteroatoms. The Kier molecular flexibility index (Phi) is 6.43. The van der Waals surface area contributed by atoms with Crippen molar-refractivity contribution in [1.29, 1.82) is 0 Å². The van der Waals surface area contributed by atoms with Crippen LogP contribution < -0.4 is 4.74 Å². The molecule has 0 aliphatic carbocycles. The topological polar surface area (TPSA) is 98.3 Å². The number of amides is 3. The molecule has 6 rings (SSSR count). The van der Waals surface area contributed by atoms with E-state index in [1.165, 1.54) is 17.0 Å². The molecular weight excluding hydrogens is 510 g/mol. The number of phenolic OH excluding ortho intramolecular Hbond substituents is 1. The quantitative estimate of drug-likeness (QED) is 0.442. The van der Waals surface area contributed by atoms with Crippen molar-refractivity contribution in [2.75, 3.05) is 39.4 Å². The maximum absolute atomic E-state index is 13.9. The lowest BCUT2D eigenvalue weighted by atomic mass is 9.81. The molecular formula is C28H30F2N4O5. The van der Waals surface area contributed by atoms with Crippen LogP contribution in [0.25, 0.3) is 10.9 Å². The fraction of sp³-hybridized carbons (Fsp3) is 0.429. The van der Waals surface area contributed by atoms with Gasteiger partial charge in [0.1, 0.15) is 23.1 Å². The van der Waals surface area contributed by atoms with E-state index in [-0.39, 0.29) is 36.4 Å². The third-order valence-electron chi connectivity index (χ3n) is 8.01. The summed E-state index contributed by atoms with van der Waals surface area (Å²) in [5, 5.41) is 10.9. The van der Waals surface area contributed by atoms with Crippen LogP contribution in [0.2, 0.25) is 0 Å². The summed E-state index contributed by atoms with van der Waals surface area (Å²) >= 11 is 0. The molecule has 2 N–H and O–H groups in total. The second-order valence-electron chi connectivity index (χ2n) is 10.5. The molecule has 9 nitrogen and oxygen atoms in total. The highest BCUT2D eigenvalue weighted by Crippen LogP contribution is 2.49. The highest BCUT2D eigenvalue weighted by atomic mass is 19.3. The van der Waals surface area contributed by atoms with Crippen LogP contribution in [0.4, 0.5) is 13.6 Å². The number of nitrogens with zero attached hydrogens (tertiary/aromatic N) is 3. The van der Waals surface area contributed by atoms with Gasteiger partial charge in [0.15, 0.2) is 0 Å². The molecule has 0 unspecified atom stereocenters. The molecule has 2 saturated heterocycles. The zero-order valence-corrected chi connectivity index (χ0v) is 21.5. The van der Waals surface area contributed by atoms with E-state index in [0.717, 1.165) is 25.2 Å². The fourth-order valence-electron chi connectivity index (χ4n) is 6.18. The van der Waals surface area contributed by atoms with Crippen molar-refractivity contribution in [3.05, 3.63) is 59.3 Å². The van der Waals surface area contributed by atoms with E-state index in [1.807, 2.05) is 0 Å². The summed E-state index contributed by atoms with van der Waals surface area (Å²) in [7, 11) is 0. The molecule has 3 aromatic rings. The van der Waals surface area contributed by atoms with E-state index < -0.39 is 18.2 Å². The van der Waals surface area contributed by atoms with Crippen LogP contribution in [0.1, 0.15) is 36.2 Å². The van der Waals surface area contributed by atoms with E-state index >= 15 is 0 Å². The Morgan fingerprint density at radius 1 is 1.15 bits per heavy atom. The second-order valence-corrected chi connectivity index (χ2v) is 10.5.